The summed E-state index contributed by atoms with van der Waals surface area (Å²) in [6.45, 7) is -0.724. The molecule has 3 aromatic rings. The molecular weight excluding hydrogens is 469 g/mol. The monoisotopic (exact) mass is 481 g/mol. The Hall–Kier alpha value is -3.43. The molecule has 0 saturated heterocycles. The van der Waals surface area contributed by atoms with Crippen molar-refractivity contribution >= 4 is 21.5 Å². The van der Waals surface area contributed by atoms with Crippen LogP contribution in [0.5, 0.6) is 5.88 Å². The van der Waals surface area contributed by atoms with Crippen molar-refractivity contribution in [3.63, 3.8) is 0 Å². The predicted octanol–water partition coefficient (Wildman–Crippen LogP) is 2.25. The summed E-state index contributed by atoms with van der Waals surface area (Å²) < 4.78 is 92.8. The highest BCUT2D eigenvalue weighted by molar-refractivity contribution is 7.91. The van der Waals surface area contributed by atoms with Crippen molar-refractivity contribution < 1.29 is 45.0 Å². The first-order valence-electron chi connectivity index (χ1n) is 8.53. The Kier molecular flexibility index (Phi) is 5.75. The highest BCUT2D eigenvalue weighted by atomic mass is 32.2. The maximum atomic E-state index is 13.0. The molecule has 0 aliphatic heterocycles. The van der Waals surface area contributed by atoms with Crippen LogP contribution in [0.25, 0.3) is 16.9 Å². The number of sulfone groups is 1. The van der Waals surface area contributed by atoms with Crippen molar-refractivity contribution in [1.29, 1.82) is 0 Å². The molecule has 16 heteroatoms. The molecule has 0 atom stereocenters. The number of hydrogen-bond acceptors (Lipinski definition) is 8. The third kappa shape index (κ3) is 4.17. The second-order valence-electron chi connectivity index (χ2n) is 6.20. The molecule has 0 unspecified atom stereocenters. The van der Waals surface area contributed by atoms with E-state index in [1.807, 2.05) is 0 Å². The Morgan fingerprint density at radius 3 is 2.38 bits per heavy atom. The number of ether oxygens (including phenoxy) is 1. The maximum absolute atomic E-state index is 13.0. The molecule has 0 spiro atoms. The first-order valence-corrected chi connectivity index (χ1v) is 10.2. The number of aromatic carboxylic acids is 1. The van der Waals surface area contributed by atoms with Crippen LogP contribution in [0.1, 0.15) is 17.4 Å². The largest absolute Gasteiger partial charge is 0.477 e. The third-order valence-corrected chi connectivity index (χ3v) is 5.73. The van der Waals surface area contributed by atoms with Gasteiger partial charge in [-0.05, 0) is 12.1 Å². The van der Waals surface area contributed by atoms with Crippen LogP contribution in [0, 0.1) is 0 Å². The second-order valence-corrected chi connectivity index (χ2v) is 8.40. The molecule has 0 aliphatic carbocycles. The molecule has 0 fully saturated rings. The molecular formula is C16H12F5N5O5S. The van der Waals surface area contributed by atoms with Gasteiger partial charge in [0.25, 0.3) is 0 Å². The molecule has 0 amide bonds. The summed E-state index contributed by atoms with van der Waals surface area (Å²) in [5.74, 6) is -7.65. The summed E-state index contributed by atoms with van der Waals surface area (Å²) in [5.41, 5.74) is -1.05. The molecule has 0 radical (unpaired) electrons. The zero-order valence-corrected chi connectivity index (χ0v) is 16.7. The quantitative estimate of drug-likeness (QED) is 0.504. The van der Waals surface area contributed by atoms with Crippen molar-refractivity contribution in [3.8, 4) is 17.1 Å². The van der Waals surface area contributed by atoms with E-state index in [4.69, 9.17) is 0 Å². The van der Waals surface area contributed by atoms with Crippen molar-refractivity contribution in [2.24, 2.45) is 0 Å². The second kappa shape index (κ2) is 7.92. The van der Waals surface area contributed by atoms with Gasteiger partial charge in [0, 0.05) is 12.3 Å². The number of carboxylic acid groups (broad SMARTS) is 1. The fourth-order valence-electron chi connectivity index (χ4n) is 2.44. The lowest BCUT2D eigenvalue weighted by Gasteiger charge is -2.19. The number of rotatable bonds is 7. The third-order valence-electron chi connectivity index (χ3n) is 4.09. The number of nitrogens with zero attached hydrogens (tertiary/aromatic N) is 5. The number of carboxylic acids is 1. The lowest BCUT2D eigenvalue weighted by Crippen LogP contribution is -2.41. The van der Waals surface area contributed by atoms with E-state index in [-0.39, 0.29) is 16.9 Å². The smallest absolute Gasteiger partial charge is 0.456 e. The van der Waals surface area contributed by atoms with E-state index in [1.165, 1.54) is 6.92 Å². The fraction of sp³-hybridized carbons (Fsp3) is 0.312. The Morgan fingerprint density at radius 1 is 1.16 bits per heavy atom. The molecule has 172 valence electrons. The van der Waals surface area contributed by atoms with E-state index in [0.717, 1.165) is 28.9 Å². The van der Waals surface area contributed by atoms with Gasteiger partial charge in [0.1, 0.15) is 5.69 Å². The Morgan fingerprint density at radius 2 is 1.84 bits per heavy atom. The van der Waals surface area contributed by atoms with Gasteiger partial charge in [-0.2, -0.15) is 27.1 Å². The normalized spacial score (nSPS) is 12.8. The number of fused-ring (bicyclic) bond motifs is 1. The van der Waals surface area contributed by atoms with E-state index >= 15 is 0 Å². The summed E-state index contributed by atoms with van der Waals surface area (Å²) in [5, 5.41) is 19.6. The molecule has 32 heavy (non-hydrogen) atoms. The van der Waals surface area contributed by atoms with E-state index in [1.54, 1.807) is 0 Å². The van der Waals surface area contributed by atoms with Crippen molar-refractivity contribution in [1.82, 2.24) is 24.8 Å². The zero-order valence-electron chi connectivity index (χ0n) is 15.8. The number of aromatic nitrogens is 5. The first kappa shape index (κ1) is 23.2. The first-order chi connectivity index (χ1) is 14.8. The average molecular weight is 481 g/mol. The summed E-state index contributed by atoms with van der Waals surface area (Å²) in [6.07, 6.45) is -4.73. The fourth-order valence-corrected chi connectivity index (χ4v) is 3.43. The van der Waals surface area contributed by atoms with Gasteiger partial charge >= 0.3 is 18.1 Å². The Balaban J connectivity index is 2.07. The molecule has 0 bridgehead atoms. The van der Waals surface area contributed by atoms with Crippen LogP contribution in [0.2, 0.25) is 0 Å². The van der Waals surface area contributed by atoms with Crippen molar-refractivity contribution in [2.75, 3.05) is 12.4 Å². The molecule has 0 aliphatic rings. The summed E-state index contributed by atoms with van der Waals surface area (Å²) in [7, 11) is -4.03. The van der Waals surface area contributed by atoms with Crippen LogP contribution in [-0.4, -0.2) is 68.7 Å². The number of halogens is 5. The van der Waals surface area contributed by atoms with Crippen LogP contribution < -0.4 is 4.74 Å². The van der Waals surface area contributed by atoms with E-state index < -0.39 is 56.9 Å². The summed E-state index contributed by atoms with van der Waals surface area (Å²) in [6, 6.07) is 3.01. The highest BCUT2D eigenvalue weighted by Gasteiger charge is 2.58. The van der Waals surface area contributed by atoms with Crippen LogP contribution in [-0.2, 0) is 9.84 Å². The number of carbonyl (C=O) groups is 1. The maximum Gasteiger partial charge on any atom is 0.456 e. The van der Waals surface area contributed by atoms with Gasteiger partial charge in [0.05, 0.1) is 11.3 Å². The van der Waals surface area contributed by atoms with Crippen molar-refractivity contribution in [2.45, 2.75) is 24.0 Å². The van der Waals surface area contributed by atoms with Gasteiger partial charge in [-0.25, -0.2) is 22.7 Å². The topological polar surface area (TPSA) is 137 Å². The van der Waals surface area contributed by atoms with E-state index in [0.29, 0.717) is 0 Å². The molecule has 0 saturated carbocycles. The van der Waals surface area contributed by atoms with Gasteiger partial charge in [0.15, 0.2) is 32.8 Å². The minimum atomic E-state index is -5.83. The molecule has 3 aromatic heterocycles. The standard InChI is InChI=1S/C16H12F5N5O5S/c1-2-32(29,30)13-11(12-22-6-5-9(14(27)28)26(12)25-13)8-3-4-10(24-23-8)31-7-15(17,18)16(19,20)21/h3-6H,2,7H2,1H3,(H,27,28). The number of alkyl halides is 5. The minimum Gasteiger partial charge on any atom is -0.477 e. The van der Waals surface area contributed by atoms with Gasteiger partial charge in [-0.15, -0.1) is 10.2 Å². The molecule has 0 aromatic carbocycles. The predicted molar refractivity (Wildman–Crippen MR) is 95.2 cm³/mol. The van der Waals surface area contributed by atoms with Crippen molar-refractivity contribution in [3.05, 3.63) is 30.1 Å². The van der Waals surface area contributed by atoms with Gasteiger partial charge in [-0.3, -0.25) is 0 Å². The number of hydrogen-bond donors (Lipinski definition) is 1. The molecule has 1 N–H and O–H groups in total. The van der Waals surface area contributed by atoms with Gasteiger partial charge in [-0.1, -0.05) is 6.92 Å². The summed E-state index contributed by atoms with van der Waals surface area (Å²) >= 11 is 0. The molecule has 3 heterocycles. The highest BCUT2D eigenvalue weighted by Crippen LogP contribution is 2.36. The lowest BCUT2D eigenvalue weighted by atomic mass is 10.2. The SMILES string of the molecule is CCS(=O)(=O)c1nn2c(C(=O)O)ccnc2c1-c1ccc(OCC(F)(F)C(F)(F)F)nn1. The van der Waals surface area contributed by atoms with E-state index in [2.05, 4.69) is 25.0 Å². The van der Waals surface area contributed by atoms with E-state index in [9.17, 15) is 40.3 Å². The minimum absolute atomic E-state index is 0.205. The van der Waals surface area contributed by atoms with Crippen LogP contribution in [0.15, 0.2) is 29.4 Å². The van der Waals surface area contributed by atoms with Gasteiger partial charge in [0.2, 0.25) is 5.88 Å². The van der Waals surface area contributed by atoms with Crippen LogP contribution in [0.3, 0.4) is 0 Å². The zero-order chi connectivity index (χ0) is 23.9. The molecule has 3 rings (SSSR count). The summed E-state index contributed by atoms with van der Waals surface area (Å²) in [4.78, 5) is 15.4. The lowest BCUT2D eigenvalue weighted by molar-refractivity contribution is -0.290. The average Bonchev–Trinajstić information content (AvgIpc) is 3.12. The van der Waals surface area contributed by atoms with Crippen LogP contribution in [0.4, 0.5) is 22.0 Å². The molecule has 10 nitrogen and oxygen atoms in total. The Bertz CT molecular complexity index is 1270. The van der Waals surface area contributed by atoms with Gasteiger partial charge < -0.3 is 9.84 Å². The Labute approximate surface area is 175 Å². The van der Waals surface area contributed by atoms with Crippen LogP contribution >= 0.6 is 0 Å².